The molecule has 0 unspecified atom stereocenters. The standard InChI is InChI=1S/C11H21NO2/c1-11(2,6-7-13)8-12-10(14)9-4-3-5-9/h9,13H,3-8H2,1-2H3,(H,12,14). The van der Waals surface area contributed by atoms with Crippen LogP contribution in [0.4, 0.5) is 0 Å². The molecule has 0 aromatic carbocycles. The van der Waals surface area contributed by atoms with Crippen molar-refractivity contribution in [2.24, 2.45) is 11.3 Å². The molecule has 0 heterocycles. The quantitative estimate of drug-likeness (QED) is 0.701. The molecule has 0 aromatic heterocycles. The lowest BCUT2D eigenvalue weighted by Crippen LogP contribution is -2.40. The Morgan fingerprint density at radius 3 is 2.57 bits per heavy atom. The lowest BCUT2D eigenvalue weighted by molar-refractivity contribution is -0.127. The van der Waals surface area contributed by atoms with E-state index in [4.69, 9.17) is 5.11 Å². The topological polar surface area (TPSA) is 49.3 Å². The first kappa shape index (κ1) is 11.5. The average molecular weight is 199 g/mol. The number of rotatable bonds is 5. The molecule has 0 atom stereocenters. The Balaban J connectivity index is 2.21. The third-order valence-electron chi connectivity index (χ3n) is 3.01. The van der Waals surface area contributed by atoms with Gasteiger partial charge in [-0.2, -0.15) is 0 Å². The number of hydrogen-bond acceptors (Lipinski definition) is 2. The van der Waals surface area contributed by atoms with E-state index in [2.05, 4.69) is 19.2 Å². The predicted octanol–water partition coefficient (Wildman–Crippen LogP) is 1.31. The zero-order valence-electron chi connectivity index (χ0n) is 9.18. The summed E-state index contributed by atoms with van der Waals surface area (Å²) in [4.78, 5) is 11.5. The highest BCUT2D eigenvalue weighted by atomic mass is 16.3. The van der Waals surface area contributed by atoms with Crippen LogP contribution >= 0.6 is 0 Å². The Hall–Kier alpha value is -0.570. The van der Waals surface area contributed by atoms with Crippen LogP contribution in [0, 0.1) is 11.3 Å². The largest absolute Gasteiger partial charge is 0.396 e. The number of amides is 1. The Bertz CT molecular complexity index is 197. The molecule has 14 heavy (non-hydrogen) atoms. The van der Waals surface area contributed by atoms with E-state index in [0.717, 1.165) is 19.3 Å². The van der Waals surface area contributed by atoms with Crippen molar-refractivity contribution in [2.75, 3.05) is 13.2 Å². The predicted molar refractivity (Wildman–Crippen MR) is 55.8 cm³/mol. The lowest BCUT2D eigenvalue weighted by atomic mass is 9.84. The van der Waals surface area contributed by atoms with Gasteiger partial charge < -0.3 is 10.4 Å². The van der Waals surface area contributed by atoms with E-state index < -0.39 is 0 Å². The molecule has 0 radical (unpaired) electrons. The van der Waals surface area contributed by atoms with Gasteiger partial charge in [0, 0.05) is 19.1 Å². The normalized spacial score (nSPS) is 17.6. The van der Waals surface area contributed by atoms with Crippen LogP contribution in [0.5, 0.6) is 0 Å². The third kappa shape index (κ3) is 3.29. The molecule has 0 aromatic rings. The van der Waals surface area contributed by atoms with Crippen LogP contribution in [0.2, 0.25) is 0 Å². The number of carbonyl (C=O) groups excluding carboxylic acids is 1. The van der Waals surface area contributed by atoms with Crippen LogP contribution in [0.1, 0.15) is 39.5 Å². The molecule has 1 fully saturated rings. The molecule has 1 aliphatic carbocycles. The minimum Gasteiger partial charge on any atom is -0.396 e. The highest BCUT2D eigenvalue weighted by Gasteiger charge is 2.26. The van der Waals surface area contributed by atoms with Gasteiger partial charge in [-0.1, -0.05) is 20.3 Å². The number of nitrogens with one attached hydrogen (secondary N) is 1. The summed E-state index contributed by atoms with van der Waals surface area (Å²) >= 11 is 0. The van der Waals surface area contributed by atoms with Gasteiger partial charge in [0.25, 0.3) is 0 Å². The maximum atomic E-state index is 11.5. The molecule has 3 heteroatoms. The van der Waals surface area contributed by atoms with Crippen LogP contribution in [-0.4, -0.2) is 24.2 Å². The van der Waals surface area contributed by atoms with Crippen molar-refractivity contribution >= 4 is 5.91 Å². The Kier molecular flexibility index (Phi) is 3.93. The van der Waals surface area contributed by atoms with Gasteiger partial charge in [-0.15, -0.1) is 0 Å². The Labute approximate surface area is 85.9 Å². The molecule has 0 saturated heterocycles. The SMILES string of the molecule is CC(C)(CCO)CNC(=O)C1CCC1. The number of aliphatic hydroxyl groups is 1. The first-order valence-corrected chi connectivity index (χ1v) is 5.44. The number of hydrogen-bond donors (Lipinski definition) is 2. The van der Waals surface area contributed by atoms with E-state index in [0.29, 0.717) is 6.54 Å². The van der Waals surface area contributed by atoms with Gasteiger partial charge >= 0.3 is 0 Å². The molecule has 0 spiro atoms. The molecule has 3 nitrogen and oxygen atoms in total. The van der Waals surface area contributed by atoms with Crippen LogP contribution < -0.4 is 5.32 Å². The van der Waals surface area contributed by atoms with Gasteiger partial charge in [-0.25, -0.2) is 0 Å². The van der Waals surface area contributed by atoms with E-state index in [1.54, 1.807) is 0 Å². The first-order valence-electron chi connectivity index (χ1n) is 5.44. The summed E-state index contributed by atoms with van der Waals surface area (Å²) in [7, 11) is 0. The van der Waals surface area contributed by atoms with Crippen LogP contribution in [0.15, 0.2) is 0 Å². The van der Waals surface area contributed by atoms with Crippen molar-refractivity contribution in [1.29, 1.82) is 0 Å². The fourth-order valence-corrected chi connectivity index (χ4v) is 1.53. The fourth-order valence-electron chi connectivity index (χ4n) is 1.53. The van der Waals surface area contributed by atoms with Crippen molar-refractivity contribution in [2.45, 2.75) is 39.5 Å². The molecule has 1 saturated carbocycles. The van der Waals surface area contributed by atoms with E-state index in [-0.39, 0.29) is 23.8 Å². The Morgan fingerprint density at radius 2 is 2.14 bits per heavy atom. The maximum absolute atomic E-state index is 11.5. The molecular weight excluding hydrogens is 178 g/mol. The summed E-state index contributed by atoms with van der Waals surface area (Å²) in [6.45, 7) is 4.98. The van der Waals surface area contributed by atoms with Gasteiger partial charge in [0.2, 0.25) is 5.91 Å². The van der Waals surface area contributed by atoms with Crippen molar-refractivity contribution < 1.29 is 9.90 Å². The third-order valence-corrected chi connectivity index (χ3v) is 3.01. The van der Waals surface area contributed by atoms with Gasteiger partial charge in [0.15, 0.2) is 0 Å². The lowest BCUT2D eigenvalue weighted by Gasteiger charge is -2.28. The molecule has 1 amide bonds. The van der Waals surface area contributed by atoms with Crippen molar-refractivity contribution in [3.05, 3.63) is 0 Å². The van der Waals surface area contributed by atoms with Crippen LogP contribution in [-0.2, 0) is 4.79 Å². The molecule has 1 aliphatic rings. The highest BCUT2D eigenvalue weighted by molar-refractivity contribution is 5.79. The second kappa shape index (κ2) is 4.78. The van der Waals surface area contributed by atoms with E-state index >= 15 is 0 Å². The monoisotopic (exact) mass is 199 g/mol. The first-order chi connectivity index (χ1) is 6.55. The molecule has 0 aliphatic heterocycles. The summed E-state index contributed by atoms with van der Waals surface area (Å²) in [6, 6.07) is 0. The minimum atomic E-state index is 0.00809. The van der Waals surface area contributed by atoms with Gasteiger partial charge in [0.05, 0.1) is 0 Å². The molecular formula is C11H21NO2. The summed E-state index contributed by atoms with van der Waals surface area (Å²) in [5.41, 5.74) is 0.00809. The zero-order valence-corrected chi connectivity index (χ0v) is 9.18. The fraction of sp³-hybridized carbons (Fsp3) is 0.909. The average Bonchev–Trinajstić information content (AvgIpc) is 1.98. The maximum Gasteiger partial charge on any atom is 0.223 e. The van der Waals surface area contributed by atoms with E-state index in [1.807, 2.05) is 0 Å². The number of carbonyl (C=O) groups is 1. The van der Waals surface area contributed by atoms with Crippen molar-refractivity contribution in [1.82, 2.24) is 5.32 Å². The number of aliphatic hydroxyl groups excluding tert-OH is 1. The summed E-state index contributed by atoms with van der Waals surface area (Å²) in [5, 5.41) is 11.8. The van der Waals surface area contributed by atoms with Crippen LogP contribution in [0.3, 0.4) is 0 Å². The summed E-state index contributed by atoms with van der Waals surface area (Å²) in [6.07, 6.45) is 4.02. The smallest absolute Gasteiger partial charge is 0.223 e. The summed E-state index contributed by atoms with van der Waals surface area (Å²) < 4.78 is 0. The Morgan fingerprint density at radius 1 is 1.50 bits per heavy atom. The minimum absolute atomic E-state index is 0.00809. The molecule has 2 N–H and O–H groups in total. The van der Waals surface area contributed by atoms with Crippen molar-refractivity contribution in [3.63, 3.8) is 0 Å². The van der Waals surface area contributed by atoms with Gasteiger partial charge in [-0.3, -0.25) is 4.79 Å². The van der Waals surface area contributed by atoms with Crippen molar-refractivity contribution in [3.8, 4) is 0 Å². The second-order valence-electron chi connectivity index (χ2n) is 4.98. The molecule has 1 rings (SSSR count). The summed E-state index contributed by atoms with van der Waals surface area (Å²) in [5.74, 6) is 0.460. The second-order valence-corrected chi connectivity index (χ2v) is 4.98. The zero-order chi connectivity index (χ0) is 10.6. The molecule has 82 valence electrons. The van der Waals surface area contributed by atoms with Gasteiger partial charge in [0.1, 0.15) is 0 Å². The van der Waals surface area contributed by atoms with Gasteiger partial charge in [-0.05, 0) is 24.7 Å². The highest BCUT2D eigenvalue weighted by Crippen LogP contribution is 2.26. The van der Waals surface area contributed by atoms with Crippen LogP contribution in [0.25, 0.3) is 0 Å². The molecule has 0 bridgehead atoms. The van der Waals surface area contributed by atoms with E-state index in [9.17, 15) is 4.79 Å². The van der Waals surface area contributed by atoms with E-state index in [1.165, 1.54) is 6.42 Å².